The second-order valence-corrected chi connectivity index (χ2v) is 3.39. The number of aromatic nitrogens is 2. The summed E-state index contributed by atoms with van der Waals surface area (Å²) in [5, 5.41) is 18.2. The first kappa shape index (κ1) is 10.2. The molecule has 0 aliphatic rings. The highest BCUT2D eigenvalue weighted by molar-refractivity contribution is 5.27. The smallest absolute Gasteiger partial charge is 0.254 e. The first-order chi connectivity index (χ1) is 7.63. The monoisotopic (exact) mass is 218 g/mol. The number of phenols is 1. The number of hydrogen-bond acceptors (Lipinski definition) is 4. The van der Waals surface area contributed by atoms with E-state index in [1.807, 2.05) is 0 Å². The maximum absolute atomic E-state index is 11.1. The number of nitrogens with one attached hydrogen (secondary N) is 1. The molecule has 0 atom stereocenters. The number of rotatable bonds is 2. The van der Waals surface area contributed by atoms with Crippen molar-refractivity contribution in [2.24, 2.45) is 0 Å². The lowest BCUT2D eigenvalue weighted by molar-refractivity contribution is 0.448. The molecule has 2 rings (SSSR count). The van der Waals surface area contributed by atoms with Gasteiger partial charge in [0.25, 0.3) is 5.56 Å². The van der Waals surface area contributed by atoms with Crippen LogP contribution in [0.4, 0.5) is 0 Å². The third-order valence-corrected chi connectivity index (χ3v) is 2.09. The average molecular weight is 218 g/mol. The van der Waals surface area contributed by atoms with Crippen LogP contribution in [0.1, 0.15) is 11.4 Å². The van der Waals surface area contributed by atoms with Crippen LogP contribution in [0.15, 0.2) is 35.1 Å². The summed E-state index contributed by atoms with van der Waals surface area (Å²) in [6, 6.07) is 7.56. The Morgan fingerprint density at radius 3 is 2.50 bits per heavy atom. The standard InChI is InChI=1S/C11H10N2O3/c14-8-3-1-7(2-4-8)5-9-12-10(15)6-11(16)13-9/h1-4,6,14H,5H2,(H2,12,13,15,16). The van der Waals surface area contributed by atoms with E-state index < -0.39 is 0 Å². The maximum atomic E-state index is 11.1. The summed E-state index contributed by atoms with van der Waals surface area (Å²) < 4.78 is 0. The molecule has 0 saturated carbocycles. The normalized spacial score (nSPS) is 10.2. The van der Waals surface area contributed by atoms with E-state index in [1.54, 1.807) is 24.3 Å². The molecular formula is C11H10N2O3. The second-order valence-electron chi connectivity index (χ2n) is 3.39. The summed E-state index contributed by atoms with van der Waals surface area (Å²) in [6.07, 6.45) is 0.393. The Morgan fingerprint density at radius 1 is 1.19 bits per heavy atom. The minimum atomic E-state index is -0.388. The zero-order chi connectivity index (χ0) is 11.5. The van der Waals surface area contributed by atoms with E-state index in [1.165, 1.54) is 0 Å². The Balaban J connectivity index is 2.26. The summed E-state index contributed by atoms with van der Waals surface area (Å²) >= 11 is 0. The highest BCUT2D eigenvalue weighted by Gasteiger charge is 2.01. The van der Waals surface area contributed by atoms with E-state index in [4.69, 9.17) is 10.2 Å². The molecule has 0 radical (unpaired) electrons. The van der Waals surface area contributed by atoms with Crippen LogP contribution < -0.4 is 5.56 Å². The summed E-state index contributed by atoms with van der Waals surface area (Å²) in [4.78, 5) is 17.4. The molecule has 0 unspecified atom stereocenters. The van der Waals surface area contributed by atoms with Crippen molar-refractivity contribution in [3.8, 4) is 11.6 Å². The lowest BCUT2D eigenvalue weighted by Gasteiger charge is -2.01. The zero-order valence-electron chi connectivity index (χ0n) is 8.34. The Bertz CT molecular complexity index is 546. The van der Waals surface area contributed by atoms with Gasteiger partial charge in [0.05, 0.1) is 6.07 Å². The molecule has 1 aromatic heterocycles. The fourth-order valence-corrected chi connectivity index (χ4v) is 1.38. The minimum absolute atomic E-state index is 0.182. The number of phenolic OH excluding ortho intramolecular Hbond substituents is 1. The lowest BCUT2D eigenvalue weighted by atomic mass is 10.1. The van der Waals surface area contributed by atoms with E-state index in [9.17, 15) is 4.79 Å². The van der Waals surface area contributed by atoms with E-state index in [0.717, 1.165) is 11.6 Å². The Morgan fingerprint density at radius 2 is 1.88 bits per heavy atom. The molecule has 5 heteroatoms. The topological polar surface area (TPSA) is 86.2 Å². The van der Waals surface area contributed by atoms with Gasteiger partial charge in [-0.3, -0.25) is 4.79 Å². The molecule has 1 aromatic carbocycles. The Kier molecular flexibility index (Phi) is 2.59. The van der Waals surface area contributed by atoms with E-state index in [2.05, 4.69) is 9.97 Å². The van der Waals surface area contributed by atoms with Gasteiger partial charge in [0, 0.05) is 6.42 Å². The van der Waals surface area contributed by atoms with E-state index >= 15 is 0 Å². The van der Waals surface area contributed by atoms with Crippen LogP contribution in [0.2, 0.25) is 0 Å². The molecule has 0 saturated heterocycles. The SMILES string of the molecule is O=c1cc(O)nc(Cc2ccc(O)cc2)[nH]1. The van der Waals surface area contributed by atoms with Crippen LogP contribution in [-0.4, -0.2) is 20.2 Å². The van der Waals surface area contributed by atoms with Gasteiger partial charge >= 0.3 is 0 Å². The highest BCUT2D eigenvalue weighted by Crippen LogP contribution is 2.12. The predicted molar refractivity (Wildman–Crippen MR) is 57.4 cm³/mol. The van der Waals surface area contributed by atoms with Gasteiger partial charge < -0.3 is 15.2 Å². The number of aromatic amines is 1. The van der Waals surface area contributed by atoms with Gasteiger partial charge in [0.2, 0.25) is 5.88 Å². The van der Waals surface area contributed by atoms with Gasteiger partial charge in [-0.05, 0) is 17.7 Å². The van der Waals surface area contributed by atoms with Gasteiger partial charge in [-0.1, -0.05) is 12.1 Å². The molecule has 0 aliphatic heterocycles. The summed E-state index contributed by atoms with van der Waals surface area (Å²) in [5.41, 5.74) is 0.493. The van der Waals surface area contributed by atoms with Crippen LogP contribution in [0.5, 0.6) is 11.6 Å². The van der Waals surface area contributed by atoms with Gasteiger partial charge in [-0.15, -0.1) is 0 Å². The summed E-state index contributed by atoms with van der Waals surface area (Å²) in [6.45, 7) is 0. The van der Waals surface area contributed by atoms with Crippen molar-refractivity contribution in [2.45, 2.75) is 6.42 Å². The maximum Gasteiger partial charge on any atom is 0.254 e. The number of H-pyrrole nitrogens is 1. The predicted octanol–water partition coefficient (Wildman–Crippen LogP) is 0.772. The molecule has 0 aliphatic carbocycles. The molecule has 0 spiro atoms. The molecule has 82 valence electrons. The second kappa shape index (κ2) is 4.06. The molecule has 2 aromatic rings. The number of nitrogens with zero attached hydrogens (tertiary/aromatic N) is 1. The van der Waals surface area contributed by atoms with Crippen LogP contribution in [0, 0.1) is 0 Å². The minimum Gasteiger partial charge on any atom is -0.508 e. The average Bonchev–Trinajstić information content (AvgIpc) is 2.20. The Labute approximate surface area is 91.0 Å². The van der Waals surface area contributed by atoms with Crippen molar-refractivity contribution in [2.75, 3.05) is 0 Å². The van der Waals surface area contributed by atoms with Crippen molar-refractivity contribution >= 4 is 0 Å². The van der Waals surface area contributed by atoms with Crippen LogP contribution >= 0.6 is 0 Å². The molecule has 16 heavy (non-hydrogen) atoms. The van der Waals surface area contributed by atoms with Crippen LogP contribution in [0.25, 0.3) is 0 Å². The number of benzene rings is 1. The van der Waals surface area contributed by atoms with Crippen molar-refractivity contribution in [1.82, 2.24) is 9.97 Å². The van der Waals surface area contributed by atoms with Crippen molar-refractivity contribution in [3.63, 3.8) is 0 Å². The molecular weight excluding hydrogens is 208 g/mol. The summed E-state index contributed by atoms with van der Waals surface area (Å²) in [7, 11) is 0. The zero-order valence-corrected chi connectivity index (χ0v) is 8.34. The lowest BCUT2D eigenvalue weighted by Crippen LogP contribution is -2.09. The third-order valence-electron chi connectivity index (χ3n) is 2.09. The van der Waals surface area contributed by atoms with Gasteiger partial charge in [-0.2, -0.15) is 4.98 Å². The highest BCUT2D eigenvalue weighted by atomic mass is 16.3. The van der Waals surface area contributed by atoms with Gasteiger partial charge in [0.15, 0.2) is 0 Å². The first-order valence-electron chi connectivity index (χ1n) is 4.70. The molecule has 5 nitrogen and oxygen atoms in total. The van der Waals surface area contributed by atoms with Crippen LogP contribution in [-0.2, 0) is 6.42 Å². The fourth-order valence-electron chi connectivity index (χ4n) is 1.38. The Hall–Kier alpha value is -2.30. The van der Waals surface area contributed by atoms with Crippen molar-refractivity contribution in [1.29, 1.82) is 0 Å². The molecule has 0 bridgehead atoms. The molecule has 0 fully saturated rings. The third kappa shape index (κ3) is 2.38. The quantitative estimate of drug-likeness (QED) is 0.695. The van der Waals surface area contributed by atoms with Crippen molar-refractivity contribution in [3.05, 3.63) is 52.1 Å². The summed E-state index contributed by atoms with van der Waals surface area (Å²) in [5.74, 6) is 0.273. The number of aromatic hydroxyl groups is 2. The molecule has 0 amide bonds. The van der Waals surface area contributed by atoms with E-state index in [-0.39, 0.29) is 17.2 Å². The van der Waals surface area contributed by atoms with Crippen molar-refractivity contribution < 1.29 is 10.2 Å². The van der Waals surface area contributed by atoms with Crippen LogP contribution in [0.3, 0.4) is 0 Å². The first-order valence-corrected chi connectivity index (χ1v) is 4.70. The van der Waals surface area contributed by atoms with Gasteiger partial charge in [0.1, 0.15) is 11.6 Å². The molecule has 3 N–H and O–H groups in total. The van der Waals surface area contributed by atoms with Gasteiger partial charge in [-0.25, -0.2) is 0 Å². The number of hydrogen-bond donors (Lipinski definition) is 3. The largest absolute Gasteiger partial charge is 0.508 e. The fraction of sp³-hybridized carbons (Fsp3) is 0.0909. The molecule has 1 heterocycles. The van der Waals surface area contributed by atoms with E-state index in [0.29, 0.717) is 12.2 Å².